The fourth-order valence-corrected chi connectivity index (χ4v) is 4.97. The van der Waals surface area contributed by atoms with E-state index in [9.17, 15) is 0 Å². The van der Waals surface area contributed by atoms with Gasteiger partial charge < -0.3 is 14.8 Å². The molecule has 0 radical (unpaired) electrons. The molecule has 0 amide bonds. The number of ether oxygens (including phenoxy) is 2. The van der Waals surface area contributed by atoms with Gasteiger partial charge in [0.1, 0.15) is 0 Å². The molecule has 0 bridgehead atoms. The Labute approximate surface area is 143 Å². The predicted octanol–water partition coefficient (Wildman–Crippen LogP) is 4.06. The van der Waals surface area contributed by atoms with E-state index in [0.717, 1.165) is 48.0 Å². The smallest absolute Gasteiger partial charge is 0.0940 e. The Hall–Kier alpha value is 0.0600. The Balaban J connectivity index is 1.82. The molecular formula is C16H21Br2NO2. The second kappa shape index (κ2) is 6.67. The minimum Gasteiger partial charge on any atom is -0.378 e. The number of benzene rings is 1. The van der Waals surface area contributed by atoms with Gasteiger partial charge in [-0.2, -0.15) is 0 Å². The van der Waals surface area contributed by atoms with Crippen LogP contribution < -0.4 is 5.32 Å². The molecule has 21 heavy (non-hydrogen) atoms. The van der Waals surface area contributed by atoms with E-state index in [1.165, 1.54) is 5.56 Å². The van der Waals surface area contributed by atoms with Crippen molar-refractivity contribution in [2.75, 3.05) is 26.9 Å². The maximum Gasteiger partial charge on any atom is 0.0940 e. The lowest BCUT2D eigenvalue weighted by atomic mass is 9.79. The molecule has 3 rings (SSSR count). The monoisotopic (exact) mass is 417 g/mol. The average molecular weight is 419 g/mol. The lowest BCUT2D eigenvalue weighted by Crippen LogP contribution is -2.43. The Bertz CT molecular complexity index is 483. The van der Waals surface area contributed by atoms with E-state index in [0.29, 0.717) is 12.0 Å². The fourth-order valence-electron chi connectivity index (χ4n) is 3.64. The number of hydrogen-bond acceptors (Lipinski definition) is 3. The molecule has 3 nitrogen and oxygen atoms in total. The van der Waals surface area contributed by atoms with Crippen molar-refractivity contribution in [3.8, 4) is 0 Å². The molecule has 3 unspecified atom stereocenters. The van der Waals surface area contributed by atoms with E-state index in [-0.39, 0.29) is 5.60 Å². The van der Waals surface area contributed by atoms with Gasteiger partial charge in [-0.1, -0.05) is 31.9 Å². The molecule has 1 N–H and O–H groups in total. The van der Waals surface area contributed by atoms with Gasteiger partial charge in [0.25, 0.3) is 0 Å². The van der Waals surface area contributed by atoms with Crippen LogP contribution in [0.15, 0.2) is 27.1 Å². The van der Waals surface area contributed by atoms with Gasteiger partial charge in [0.2, 0.25) is 0 Å². The molecule has 2 aliphatic heterocycles. The van der Waals surface area contributed by atoms with Crippen LogP contribution in [0, 0.1) is 5.92 Å². The summed E-state index contributed by atoms with van der Waals surface area (Å²) in [7, 11) is 2.05. The highest BCUT2D eigenvalue weighted by molar-refractivity contribution is 9.11. The van der Waals surface area contributed by atoms with Gasteiger partial charge in [-0.3, -0.25) is 0 Å². The van der Waals surface area contributed by atoms with Crippen molar-refractivity contribution in [2.24, 2.45) is 5.92 Å². The molecule has 5 heteroatoms. The van der Waals surface area contributed by atoms with Crippen LogP contribution in [0.1, 0.15) is 30.9 Å². The molecule has 2 fully saturated rings. The summed E-state index contributed by atoms with van der Waals surface area (Å²) < 4.78 is 13.9. The summed E-state index contributed by atoms with van der Waals surface area (Å²) in [5, 5.41) is 3.51. The zero-order chi connectivity index (χ0) is 14.9. The highest BCUT2D eigenvalue weighted by Crippen LogP contribution is 2.41. The minimum absolute atomic E-state index is 0.0404. The maximum absolute atomic E-state index is 6.06. The Morgan fingerprint density at radius 1 is 1.24 bits per heavy atom. The van der Waals surface area contributed by atoms with Gasteiger partial charge in [0.15, 0.2) is 0 Å². The zero-order valence-corrected chi connectivity index (χ0v) is 15.4. The van der Waals surface area contributed by atoms with Gasteiger partial charge in [-0.15, -0.1) is 0 Å². The first-order valence-corrected chi connectivity index (χ1v) is 9.05. The summed E-state index contributed by atoms with van der Waals surface area (Å²) in [4.78, 5) is 0. The van der Waals surface area contributed by atoms with E-state index in [4.69, 9.17) is 9.47 Å². The highest BCUT2D eigenvalue weighted by atomic mass is 79.9. The largest absolute Gasteiger partial charge is 0.378 e. The molecular weight excluding hydrogens is 398 g/mol. The second-order valence-electron chi connectivity index (χ2n) is 6.06. The summed E-state index contributed by atoms with van der Waals surface area (Å²) in [5.41, 5.74) is 1.28. The van der Waals surface area contributed by atoms with Gasteiger partial charge in [-0.25, -0.2) is 0 Å². The van der Waals surface area contributed by atoms with Crippen LogP contribution in [0.2, 0.25) is 0 Å². The first kappa shape index (κ1) is 15.9. The third-order valence-electron chi connectivity index (χ3n) is 4.62. The fraction of sp³-hybridized carbons (Fsp3) is 0.625. The molecule has 3 atom stereocenters. The molecule has 116 valence electrons. The van der Waals surface area contributed by atoms with E-state index in [1.807, 2.05) is 7.05 Å². The summed E-state index contributed by atoms with van der Waals surface area (Å²) in [6.07, 6.45) is 3.20. The standard InChI is InChI=1S/C16H21Br2NO2/c1-19-15(12-6-13(17)8-14(18)7-12)11-2-4-21-16(9-11)3-5-20-10-16/h6-8,11,15,19H,2-5,9-10H2,1H3. The van der Waals surface area contributed by atoms with E-state index < -0.39 is 0 Å². The summed E-state index contributed by atoms with van der Waals surface area (Å²) in [6, 6.07) is 6.84. The van der Waals surface area contributed by atoms with Crippen molar-refractivity contribution >= 4 is 31.9 Å². The molecule has 2 aliphatic rings. The van der Waals surface area contributed by atoms with Crippen LogP contribution in [0.3, 0.4) is 0 Å². The highest BCUT2D eigenvalue weighted by Gasteiger charge is 2.43. The third kappa shape index (κ3) is 3.53. The average Bonchev–Trinajstić information content (AvgIpc) is 2.86. The molecule has 2 saturated heterocycles. The quantitative estimate of drug-likeness (QED) is 0.802. The van der Waals surface area contributed by atoms with E-state index in [1.54, 1.807) is 0 Å². The molecule has 0 aliphatic carbocycles. The van der Waals surface area contributed by atoms with Crippen LogP contribution in [0.5, 0.6) is 0 Å². The van der Waals surface area contributed by atoms with Crippen LogP contribution >= 0.6 is 31.9 Å². The lowest BCUT2D eigenvalue weighted by molar-refractivity contribution is -0.103. The van der Waals surface area contributed by atoms with Crippen LogP contribution in [0.4, 0.5) is 0 Å². The first-order valence-electron chi connectivity index (χ1n) is 7.47. The van der Waals surface area contributed by atoms with Crippen LogP contribution in [-0.2, 0) is 9.47 Å². The summed E-state index contributed by atoms with van der Waals surface area (Å²) in [6.45, 7) is 2.42. The first-order chi connectivity index (χ1) is 10.1. The van der Waals surface area contributed by atoms with Crippen LogP contribution in [-0.4, -0.2) is 32.5 Å². The van der Waals surface area contributed by atoms with Gasteiger partial charge in [0.05, 0.1) is 12.2 Å². The minimum atomic E-state index is -0.0404. The number of rotatable bonds is 3. The summed E-state index contributed by atoms with van der Waals surface area (Å²) >= 11 is 7.18. The molecule has 0 saturated carbocycles. The van der Waals surface area contributed by atoms with Crippen molar-refractivity contribution in [1.82, 2.24) is 5.32 Å². The van der Waals surface area contributed by atoms with Crippen molar-refractivity contribution in [2.45, 2.75) is 30.9 Å². The van der Waals surface area contributed by atoms with Gasteiger partial charge in [-0.05, 0) is 49.6 Å². The molecule has 0 aromatic heterocycles. The summed E-state index contributed by atoms with van der Waals surface area (Å²) in [5.74, 6) is 0.576. The molecule has 2 heterocycles. The third-order valence-corrected chi connectivity index (χ3v) is 5.54. The Kier molecular flexibility index (Phi) is 5.06. The molecule has 1 aromatic carbocycles. The maximum atomic E-state index is 6.06. The second-order valence-corrected chi connectivity index (χ2v) is 7.89. The van der Waals surface area contributed by atoms with Crippen LogP contribution in [0.25, 0.3) is 0 Å². The number of nitrogens with one attached hydrogen (secondary N) is 1. The van der Waals surface area contributed by atoms with Crippen molar-refractivity contribution in [3.63, 3.8) is 0 Å². The van der Waals surface area contributed by atoms with Gasteiger partial charge >= 0.3 is 0 Å². The SMILES string of the molecule is CNC(c1cc(Br)cc(Br)c1)C1CCOC2(CCOC2)C1. The number of hydrogen-bond donors (Lipinski definition) is 1. The van der Waals surface area contributed by atoms with Crippen molar-refractivity contribution in [3.05, 3.63) is 32.7 Å². The normalized spacial score (nSPS) is 30.7. The Morgan fingerprint density at radius 3 is 2.62 bits per heavy atom. The lowest BCUT2D eigenvalue weighted by Gasteiger charge is -2.40. The predicted molar refractivity (Wildman–Crippen MR) is 90.5 cm³/mol. The number of halogens is 2. The van der Waals surface area contributed by atoms with Gasteiger partial charge in [0, 0.05) is 34.6 Å². The molecule has 1 spiro atoms. The molecule has 1 aromatic rings. The Morgan fingerprint density at radius 2 is 2.00 bits per heavy atom. The van der Waals surface area contributed by atoms with E-state index in [2.05, 4.69) is 55.4 Å². The van der Waals surface area contributed by atoms with E-state index >= 15 is 0 Å². The van der Waals surface area contributed by atoms with Crippen molar-refractivity contribution < 1.29 is 9.47 Å². The van der Waals surface area contributed by atoms with Crippen molar-refractivity contribution in [1.29, 1.82) is 0 Å². The topological polar surface area (TPSA) is 30.5 Å². The zero-order valence-electron chi connectivity index (χ0n) is 12.2.